The molecule has 0 saturated heterocycles. The van der Waals surface area contributed by atoms with Crippen LogP contribution in [-0.4, -0.2) is 14.7 Å². The smallest absolute Gasteiger partial charge is 0.175 e. The number of halogens is 1. The Morgan fingerprint density at radius 1 is 1.50 bits per heavy atom. The van der Waals surface area contributed by atoms with Crippen molar-refractivity contribution in [3.8, 4) is 6.07 Å². The fourth-order valence-corrected chi connectivity index (χ4v) is 2.73. The normalized spacial score (nSPS) is 10.9. The minimum Gasteiger partial charge on any atom is -0.224 e. The van der Waals surface area contributed by atoms with E-state index in [1.54, 1.807) is 12.1 Å². The van der Waals surface area contributed by atoms with Crippen molar-refractivity contribution in [3.63, 3.8) is 0 Å². The Morgan fingerprint density at radius 3 is 2.64 bits per heavy atom. The van der Waals surface area contributed by atoms with Gasteiger partial charge in [0.25, 0.3) is 0 Å². The second kappa shape index (κ2) is 4.11. The third kappa shape index (κ3) is 2.34. The molecule has 0 spiro atoms. The van der Waals surface area contributed by atoms with Gasteiger partial charge in [0.1, 0.15) is 0 Å². The van der Waals surface area contributed by atoms with E-state index in [0.29, 0.717) is 10.0 Å². The molecule has 0 aliphatic carbocycles. The summed E-state index contributed by atoms with van der Waals surface area (Å²) >= 11 is 3.23. The van der Waals surface area contributed by atoms with Crippen molar-refractivity contribution in [1.29, 1.82) is 5.26 Å². The SMILES string of the molecule is CS(=O)(=O)c1cccc(Br)c1CC#N. The summed E-state index contributed by atoms with van der Waals surface area (Å²) in [4.78, 5) is 0.216. The highest BCUT2D eigenvalue weighted by atomic mass is 79.9. The molecular formula is C9H8BrNO2S. The van der Waals surface area contributed by atoms with Crippen molar-refractivity contribution < 1.29 is 8.42 Å². The topological polar surface area (TPSA) is 57.9 Å². The third-order valence-corrected chi connectivity index (χ3v) is 3.66. The first-order valence-corrected chi connectivity index (χ1v) is 6.49. The van der Waals surface area contributed by atoms with Crippen LogP contribution in [0.2, 0.25) is 0 Å². The number of hydrogen-bond acceptors (Lipinski definition) is 3. The van der Waals surface area contributed by atoms with Gasteiger partial charge in [-0.05, 0) is 17.7 Å². The van der Waals surface area contributed by atoms with Crippen molar-refractivity contribution in [2.45, 2.75) is 11.3 Å². The predicted octanol–water partition coefficient (Wildman–Crippen LogP) is 1.92. The molecule has 0 aromatic heterocycles. The van der Waals surface area contributed by atoms with Gasteiger partial charge in [0.05, 0.1) is 17.4 Å². The van der Waals surface area contributed by atoms with Gasteiger partial charge in [-0.25, -0.2) is 8.42 Å². The van der Waals surface area contributed by atoms with Gasteiger partial charge in [-0.1, -0.05) is 22.0 Å². The number of rotatable bonds is 2. The van der Waals surface area contributed by atoms with E-state index in [9.17, 15) is 8.42 Å². The molecule has 14 heavy (non-hydrogen) atoms. The van der Waals surface area contributed by atoms with Gasteiger partial charge < -0.3 is 0 Å². The van der Waals surface area contributed by atoms with E-state index in [4.69, 9.17) is 5.26 Å². The fourth-order valence-electron chi connectivity index (χ4n) is 1.14. The van der Waals surface area contributed by atoms with E-state index in [0.717, 1.165) is 6.26 Å². The summed E-state index contributed by atoms with van der Waals surface area (Å²) < 4.78 is 23.4. The average molecular weight is 274 g/mol. The van der Waals surface area contributed by atoms with Crippen LogP contribution in [-0.2, 0) is 16.3 Å². The molecule has 0 bridgehead atoms. The summed E-state index contributed by atoms with van der Waals surface area (Å²) in [5, 5.41) is 8.57. The van der Waals surface area contributed by atoms with Gasteiger partial charge in [0, 0.05) is 10.7 Å². The summed E-state index contributed by atoms with van der Waals surface area (Å²) in [5.41, 5.74) is 0.525. The van der Waals surface area contributed by atoms with E-state index >= 15 is 0 Å². The second-order valence-electron chi connectivity index (χ2n) is 2.82. The Labute approximate surface area is 91.4 Å². The summed E-state index contributed by atoms with van der Waals surface area (Å²) in [5.74, 6) is 0. The first kappa shape index (κ1) is 11.2. The highest BCUT2D eigenvalue weighted by Crippen LogP contribution is 2.24. The van der Waals surface area contributed by atoms with Crippen LogP contribution < -0.4 is 0 Å². The van der Waals surface area contributed by atoms with Gasteiger partial charge in [-0.3, -0.25) is 0 Å². The maximum absolute atomic E-state index is 11.4. The van der Waals surface area contributed by atoms with Crippen LogP contribution in [0.25, 0.3) is 0 Å². The second-order valence-corrected chi connectivity index (χ2v) is 5.66. The molecule has 74 valence electrons. The van der Waals surface area contributed by atoms with Gasteiger partial charge in [0.15, 0.2) is 9.84 Å². The largest absolute Gasteiger partial charge is 0.224 e. The van der Waals surface area contributed by atoms with E-state index in [2.05, 4.69) is 15.9 Å². The number of nitrogens with zero attached hydrogens (tertiary/aromatic N) is 1. The Hall–Kier alpha value is -0.860. The van der Waals surface area contributed by atoms with Crippen molar-refractivity contribution in [2.24, 2.45) is 0 Å². The molecule has 0 amide bonds. The minimum atomic E-state index is -3.26. The lowest BCUT2D eigenvalue weighted by molar-refractivity contribution is 0.601. The lowest BCUT2D eigenvalue weighted by atomic mass is 10.2. The molecule has 0 radical (unpaired) electrons. The summed E-state index contributed by atoms with van der Waals surface area (Å²) in [7, 11) is -3.26. The standard InChI is InChI=1S/C9H8BrNO2S/c1-14(12,13)9-4-2-3-8(10)7(9)5-6-11/h2-4H,5H2,1H3. The van der Waals surface area contributed by atoms with E-state index < -0.39 is 9.84 Å². The molecule has 0 aliphatic heterocycles. The minimum absolute atomic E-state index is 0.0871. The van der Waals surface area contributed by atoms with E-state index in [1.165, 1.54) is 6.07 Å². The van der Waals surface area contributed by atoms with Gasteiger partial charge >= 0.3 is 0 Å². The Kier molecular flexibility index (Phi) is 3.29. The molecular weight excluding hydrogens is 266 g/mol. The van der Waals surface area contributed by atoms with Gasteiger partial charge in [-0.2, -0.15) is 5.26 Å². The molecule has 5 heteroatoms. The maximum atomic E-state index is 11.4. The van der Waals surface area contributed by atoms with Crippen LogP contribution in [0.15, 0.2) is 27.6 Å². The van der Waals surface area contributed by atoms with Gasteiger partial charge in [-0.15, -0.1) is 0 Å². The first-order chi connectivity index (χ1) is 6.46. The van der Waals surface area contributed by atoms with Crippen molar-refractivity contribution in [1.82, 2.24) is 0 Å². The Bertz CT molecular complexity index is 488. The van der Waals surface area contributed by atoms with Crippen LogP contribution in [0, 0.1) is 11.3 Å². The fraction of sp³-hybridized carbons (Fsp3) is 0.222. The van der Waals surface area contributed by atoms with Crippen molar-refractivity contribution in [2.75, 3.05) is 6.26 Å². The predicted molar refractivity (Wildman–Crippen MR) is 56.6 cm³/mol. The van der Waals surface area contributed by atoms with Crippen molar-refractivity contribution in [3.05, 3.63) is 28.2 Å². The zero-order valence-electron chi connectivity index (χ0n) is 7.49. The maximum Gasteiger partial charge on any atom is 0.175 e. The monoisotopic (exact) mass is 273 g/mol. The molecule has 0 heterocycles. The number of nitriles is 1. The number of hydrogen-bond donors (Lipinski definition) is 0. The molecule has 1 rings (SSSR count). The zero-order valence-corrected chi connectivity index (χ0v) is 9.89. The zero-order chi connectivity index (χ0) is 10.8. The molecule has 1 aromatic carbocycles. The van der Waals surface area contributed by atoms with Crippen molar-refractivity contribution >= 4 is 25.8 Å². The first-order valence-electron chi connectivity index (χ1n) is 3.81. The highest BCUT2D eigenvalue weighted by molar-refractivity contribution is 9.10. The van der Waals surface area contributed by atoms with Crippen LogP contribution in [0.5, 0.6) is 0 Å². The van der Waals surface area contributed by atoms with Crippen LogP contribution in [0.3, 0.4) is 0 Å². The van der Waals surface area contributed by atoms with E-state index in [1.807, 2.05) is 6.07 Å². The Balaban J connectivity index is 3.45. The van der Waals surface area contributed by atoms with E-state index in [-0.39, 0.29) is 11.3 Å². The van der Waals surface area contributed by atoms with Crippen LogP contribution in [0.1, 0.15) is 5.56 Å². The molecule has 1 aromatic rings. The van der Waals surface area contributed by atoms with Crippen LogP contribution >= 0.6 is 15.9 Å². The lowest BCUT2D eigenvalue weighted by Gasteiger charge is -2.06. The molecule has 0 saturated carbocycles. The summed E-state index contributed by atoms with van der Waals surface area (Å²) in [6.07, 6.45) is 1.22. The molecule has 3 nitrogen and oxygen atoms in total. The quantitative estimate of drug-likeness (QED) is 0.827. The number of sulfone groups is 1. The number of benzene rings is 1. The molecule has 0 fully saturated rings. The lowest BCUT2D eigenvalue weighted by Crippen LogP contribution is -2.02. The molecule has 0 unspecified atom stereocenters. The molecule has 0 aliphatic rings. The average Bonchev–Trinajstić information content (AvgIpc) is 2.07. The molecule has 0 atom stereocenters. The molecule has 0 N–H and O–H groups in total. The summed E-state index contributed by atoms with van der Waals surface area (Å²) in [6, 6.07) is 6.81. The summed E-state index contributed by atoms with van der Waals surface area (Å²) in [6.45, 7) is 0. The highest BCUT2D eigenvalue weighted by Gasteiger charge is 2.14. The Morgan fingerprint density at radius 2 is 2.14 bits per heavy atom. The third-order valence-electron chi connectivity index (χ3n) is 1.73. The van der Waals surface area contributed by atoms with Crippen LogP contribution in [0.4, 0.5) is 0 Å². The van der Waals surface area contributed by atoms with Gasteiger partial charge in [0.2, 0.25) is 0 Å².